The number of rotatable bonds is 3. The molecule has 1 aromatic carbocycles. The van der Waals surface area contributed by atoms with Gasteiger partial charge in [0.15, 0.2) is 17.3 Å². The Hall–Kier alpha value is -3.64. The molecule has 0 saturated carbocycles. The van der Waals surface area contributed by atoms with E-state index in [2.05, 4.69) is 0 Å². The number of aromatic nitrogens is 1. The van der Waals surface area contributed by atoms with Crippen LogP contribution < -0.4 is 15.2 Å². The van der Waals surface area contributed by atoms with E-state index >= 15 is 4.39 Å². The smallest absolute Gasteiger partial charge is 0.434 e. The molecule has 0 radical (unpaired) electrons. The van der Waals surface area contributed by atoms with Crippen LogP contribution in [0.3, 0.4) is 0 Å². The van der Waals surface area contributed by atoms with E-state index in [-0.39, 0.29) is 43.4 Å². The standard InChI is InChI=1S/C27H25F2N3O6S/c1-2-37-27(35)38-25-19(33)9-10-31-24(25)26(34)30-11-12-36-13-21(30)32(31)23-15-7-8-18(28)22(29)17(15)14-39-20-6-4-3-5-16(20)23/h3,5,7-10,21,23H,2,4,6,11-14H2,1H3/t21-,23+/m1/s1. The number of fused-ring (bicyclic) bond motifs is 3. The van der Waals surface area contributed by atoms with Crippen molar-refractivity contribution in [3.05, 3.63) is 85.7 Å². The summed E-state index contributed by atoms with van der Waals surface area (Å²) in [5.41, 5.74) is 0.829. The molecule has 6 rings (SSSR count). The third-order valence-corrected chi connectivity index (χ3v) is 8.46. The SMILES string of the molecule is CCOC(=O)Oc1c2n(ccc1=O)N([C@@H]1C3=C(CCC=C3)SCc3c1ccc(F)c3F)[C@@H]1COCCN1C2=O. The maximum absolute atomic E-state index is 15.3. The van der Waals surface area contributed by atoms with E-state index in [0.717, 1.165) is 29.4 Å². The van der Waals surface area contributed by atoms with Gasteiger partial charge in [-0.15, -0.1) is 11.8 Å². The molecule has 0 unspecified atom stereocenters. The number of thioether (sulfide) groups is 1. The molecular weight excluding hydrogens is 532 g/mol. The molecule has 4 aliphatic rings. The molecule has 12 heteroatoms. The van der Waals surface area contributed by atoms with Gasteiger partial charge >= 0.3 is 6.16 Å². The minimum Gasteiger partial charge on any atom is -0.434 e. The Morgan fingerprint density at radius 3 is 2.90 bits per heavy atom. The first-order chi connectivity index (χ1) is 18.9. The summed E-state index contributed by atoms with van der Waals surface area (Å²) in [6, 6.07) is 3.20. The van der Waals surface area contributed by atoms with Gasteiger partial charge in [-0.3, -0.25) is 19.3 Å². The zero-order chi connectivity index (χ0) is 27.3. The van der Waals surface area contributed by atoms with Crippen molar-refractivity contribution in [1.82, 2.24) is 9.58 Å². The van der Waals surface area contributed by atoms with Gasteiger partial charge in [-0.25, -0.2) is 13.6 Å². The number of hydrogen-bond donors (Lipinski definition) is 0. The first kappa shape index (κ1) is 25.6. The molecule has 9 nitrogen and oxygen atoms in total. The number of hydrogen-bond acceptors (Lipinski definition) is 8. The average molecular weight is 558 g/mol. The minimum atomic E-state index is -1.11. The molecule has 0 N–H and O–H groups in total. The lowest BCUT2D eigenvalue weighted by atomic mass is 9.90. The van der Waals surface area contributed by atoms with Crippen molar-refractivity contribution in [1.29, 1.82) is 0 Å². The van der Waals surface area contributed by atoms with Crippen LogP contribution in [0.25, 0.3) is 0 Å². The maximum Gasteiger partial charge on any atom is 0.514 e. The molecule has 0 spiro atoms. The van der Waals surface area contributed by atoms with Crippen LogP contribution in [-0.2, 0) is 15.2 Å². The zero-order valence-corrected chi connectivity index (χ0v) is 21.8. The van der Waals surface area contributed by atoms with Crippen molar-refractivity contribution in [2.45, 2.75) is 37.7 Å². The fourth-order valence-corrected chi connectivity index (χ4v) is 6.75. The molecule has 2 aromatic rings. The normalized spacial score (nSPS) is 22.0. The quantitative estimate of drug-likeness (QED) is 0.524. The Morgan fingerprint density at radius 2 is 2.08 bits per heavy atom. The highest BCUT2D eigenvalue weighted by Gasteiger charge is 2.47. The summed E-state index contributed by atoms with van der Waals surface area (Å²) >= 11 is 1.47. The maximum atomic E-state index is 15.3. The van der Waals surface area contributed by atoms with Gasteiger partial charge in [0.2, 0.25) is 11.2 Å². The molecule has 39 heavy (non-hydrogen) atoms. The fraction of sp³-hybridized carbons (Fsp3) is 0.370. The summed E-state index contributed by atoms with van der Waals surface area (Å²) in [6.07, 6.45) is 5.24. The lowest BCUT2D eigenvalue weighted by Crippen LogP contribution is -2.66. The zero-order valence-electron chi connectivity index (χ0n) is 21.0. The van der Waals surface area contributed by atoms with Crippen molar-refractivity contribution in [3.63, 3.8) is 0 Å². The highest BCUT2D eigenvalue weighted by molar-refractivity contribution is 8.02. The molecule has 2 atom stereocenters. The number of morpholine rings is 1. The van der Waals surface area contributed by atoms with Gasteiger partial charge in [0, 0.05) is 30.1 Å². The molecule has 1 amide bonds. The van der Waals surface area contributed by atoms with E-state index < -0.39 is 47.1 Å². The number of carbonyl (C=O) groups excluding carboxylic acids is 2. The van der Waals surface area contributed by atoms with E-state index in [1.807, 2.05) is 17.2 Å². The van der Waals surface area contributed by atoms with E-state index in [1.165, 1.54) is 28.7 Å². The number of allylic oxidation sites excluding steroid dienone is 2. The summed E-state index contributed by atoms with van der Waals surface area (Å²) in [6.45, 7) is 2.23. The first-order valence-electron chi connectivity index (χ1n) is 12.7. The van der Waals surface area contributed by atoms with Gasteiger partial charge in [-0.05, 0) is 41.9 Å². The molecule has 0 bridgehead atoms. The topological polar surface area (TPSA) is 90.3 Å². The second-order valence-corrected chi connectivity index (χ2v) is 10.4. The number of benzene rings is 1. The van der Waals surface area contributed by atoms with Gasteiger partial charge in [0.1, 0.15) is 6.17 Å². The second-order valence-electron chi connectivity index (χ2n) is 9.36. The van der Waals surface area contributed by atoms with E-state index in [9.17, 15) is 18.8 Å². The third-order valence-electron chi connectivity index (χ3n) is 7.24. The van der Waals surface area contributed by atoms with Gasteiger partial charge in [0.05, 0.1) is 25.9 Å². The summed E-state index contributed by atoms with van der Waals surface area (Å²) < 4.78 is 47.1. The Balaban J connectivity index is 1.62. The van der Waals surface area contributed by atoms with E-state index in [0.29, 0.717) is 5.56 Å². The second kappa shape index (κ2) is 10.2. The van der Waals surface area contributed by atoms with Crippen LogP contribution in [0.15, 0.2) is 51.8 Å². The van der Waals surface area contributed by atoms with Crippen molar-refractivity contribution < 1.29 is 32.6 Å². The van der Waals surface area contributed by atoms with Crippen molar-refractivity contribution >= 4 is 23.8 Å². The Kier molecular flexibility index (Phi) is 6.67. The molecule has 1 fully saturated rings. The minimum absolute atomic E-state index is 0.0166. The lowest BCUT2D eigenvalue weighted by molar-refractivity contribution is -0.0198. The van der Waals surface area contributed by atoms with E-state index in [1.54, 1.807) is 17.9 Å². The number of ether oxygens (including phenoxy) is 3. The predicted octanol–water partition coefficient (Wildman–Crippen LogP) is 4.00. The highest BCUT2D eigenvalue weighted by Crippen LogP contribution is 2.47. The summed E-state index contributed by atoms with van der Waals surface area (Å²) in [5.74, 6) is -2.58. The van der Waals surface area contributed by atoms with E-state index in [4.69, 9.17) is 14.2 Å². The number of halogens is 2. The lowest BCUT2D eigenvalue weighted by Gasteiger charge is -2.51. The van der Waals surface area contributed by atoms with Crippen molar-refractivity contribution in [3.8, 4) is 5.75 Å². The molecule has 1 aromatic heterocycles. The van der Waals surface area contributed by atoms with Crippen LogP contribution in [0.4, 0.5) is 13.6 Å². The fourth-order valence-electron chi connectivity index (χ4n) is 5.53. The largest absolute Gasteiger partial charge is 0.514 e. The predicted molar refractivity (Wildman–Crippen MR) is 138 cm³/mol. The van der Waals surface area contributed by atoms with Crippen LogP contribution in [0.1, 0.15) is 47.4 Å². The van der Waals surface area contributed by atoms with Gasteiger partial charge in [0.25, 0.3) is 5.91 Å². The van der Waals surface area contributed by atoms with Crippen LogP contribution in [0, 0.1) is 11.6 Å². The van der Waals surface area contributed by atoms with Gasteiger partial charge in [-0.1, -0.05) is 18.2 Å². The van der Waals surface area contributed by atoms with Gasteiger partial charge in [-0.2, -0.15) is 0 Å². The highest BCUT2D eigenvalue weighted by atomic mass is 32.2. The number of nitrogens with zero attached hydrogens (tertiary/aromatic N) is 3. The summed E-state index contributed by atoms with van der Waals surface area (Å²) in [4.78, 5) is 41.5. The average Bonchev–Trinajstić information content (AvgIpc) is 3.10. The summed E-state index contributed by atoms with van der Waals surface area (Å²) in [7, 11) is 0. The number of pyridine rings is 1. The van der Waals surface area contributed by atoms with Crippen LogP contribution in [-0.4, -0.2) is 54.2 Å². The van der Waals surface area contributed by atoms with Gasteiger partial charge < -0.3 is 19.1 Å². The molecule has 4 heterocycles. The van der Waals surface area contributed by atoms with Crippen LogP contribution in [0.5, 0.6) is 5.75 Å². The Bertz CT molecular complexity index is 1490. The molecule has 3 aliphatic heterocycles. The Morgan fingerprint density at radius 1 is 1.23 bits per heavy atom. The molecular formula is C27H25F2N3O6S. The number of carbonyl (C=O) groups is 2. The van der Waals surface area contributed by atoms with Crippen LogP contribution in [0.2, 0.25) is 0 Å². The first-order valence-corrected chi connectivity index (χ1v) is 13.7. The third kappa shape index (κ3) is 4.22. The monoisotopic (exact) mass is 557 g/mol. The summed E-state index contributed by atoms with van der Waals surface area (Å²) in [5, 5.41) is 1.83. The van der Waals surface area contributed by atoms with Crippen molar-refractivity contribution in [2.24, 2.45) is 0 Å². The molecule has 204 valence electrons. The number of amides is 1. The molecule has 1 saturated heterocycles. The van der Waals surface area contributed by atoms with Crippen LogP contribution >= 0.6 is 11.8 Å². The van der Waals surface area contributed by atoms with Crippen molar-refractivity contribution in [2.75, 3.05) is 31.4 Å². The molecule has 1 aliphatic carbocycles. The Labute approximate surface area is 226 Å².